The largest absolute Gasteiger partial charge is 0.481 e. The highest BCUT2D eigenvalue weighted by Gasteiger charge is 2.43. The van der Waals surface area contributed by atoms with Crippen LogP contribution in [0.15, 0.2) is 113 Å². The van der Waals surface area contributed by atoms with Gasteiger partial charge in [0.1, 0.15) is 5.60 Å². The van der Waals surface area contributed by atoms with Gasteiger partial charge in [0.15, 0.2) is 0 Å². The fraction of sp³-hybridized carbons (Fsp3) is 0.273. The summed E-state index contributed by atoms with van der Waals surface area (Å²) in [6, 6.07) is 9.77. The highest BCUT2D eigenvalue weighted by atomic mass is 79.9. The van der Waals surface area contributed by atoms with Gasteiger partial charge in [0, 0.05) is 32.7 Å². The van der Waals surface area contributed by atoms with Crippen molar-refractivity contribution in [1.82, 2.24) is 9.88 Å². The molecule has 0 saturated carbocycles. The zero-order chi connectivity index (χ0) is 27.8. The molecule has 0 amide bonds. The van der Waals surface area contributed by atoms with Crippen molar-refractivity contribution in [2.75, 3.05) is 27.7 Å². The number of hydrogen-bond donors (Lipinski definition) is 1. The lowest BCUT2D eigenvalue weighted by atomic mass is 9.70. The average Bonchev–Trinajstić information content (AvgIpc) is 3.32. The third-order valence-electron chi connectivity index (χ3n) is 6.92. The van der Waals surface area contributed by atoms with E-state index in [4.69, 9.17) is 21.3 Å². The smallest absolute Gasteiger partial charge is 0.217 e. The van der Waals surface area contributed by atoms with E-state index in [0.717, 1.165) is 51.7 Å². The number of pyridine rings is 1. The molecule has 0 spiro atoms. The van der Waals surface area contributed by atoms with Gasteiger partial charge in [-0.3, -0.25) is 0 Å². The number of allylic oxidation sites excluding steroid dienone is 8. The van der Waals surface area contributed by atoms with Crippen molar-refractivity contribution in [3.63, 3.8) is 0 Å². The molecule has 1 aromatic heterocycles. The van der Waals surface area contributed by atoms with Crippen LogP contribution in [0.3, 0.4) is 0 Å². The summed E-state index contributed by atoms with van der Waals surface area (Å²) >= 11 is 9.83. The molecule has 2 aliphatic carbocycles. The molecule has 1 aromatic carbocycles. The Kier molecular flexibility index (Phi) is 10.0. The topological polar surface area (TPSA) is 45.6 Å². The monoisotopic (exact) mass is 604 g/mol. The highest BCUT2D eigenvalue weighted by molar-refractivity contribution is 9.11. The molecule has 2 aliphatic rings. The first-order valence-electron chi connectivity index (χ1n) is 13.0. The second-order valence-corrected chi connectivity index (χ2v) is 11.3. The Morgan fingerprint density at radius 2 is 2.00 bits per heavy atom. The van der Waals surface area contributed by atoms with Crippen LogP contribution >= 0.6 is 27.5 Å². The van der Waals surface area contributed by atoms with Gasteiger partial charge in [-0.05, 0) is 93.0 Å². The van der Waals surface area contributed by atoms with Gasteiger partial charge in [-0.2, -0.15) is 0 Å². The SMILES string of the molecule is COc1ncc(-c2ccc(Cl)cc2)cc1C(C1=CC=CC=C=C1)C(O)(CCCN(C)C)C1=CCC=CC(Br)=C1. The Morgan fingerprint density at radius 1 is 1.21 bits per heavy atom. The minimum atomic E-state index is -1.27. The van der Waals surface area contributed by atoms with E-state index in [1.165, 1.54) is 0 Å². The summed E-state index contributed by atoms with van der Waals surface area (Å²) in [6.07, 6.45) is 21.9. The summed E-state index contributed by atoms with van der Waals surface area (Å²) in [6.45, 7) is 0.848. The maximum Gasteiger partial charge on any atom is 0.217 e. The summed E-state index contributed by atoms with van der Waals surface area (Å²) in [5.41, 5.74) is 6.46. The molecule has 1 N–H and O–H groups in total. The van der Waals surface area contributed by atoms with Crippen molar-refractivity contribution >= 4 is 27.5 Å². The van der Waals surface area contributed by atoms with Crippen molar-refractivity contribution in [1.29, 1.82) is 0 Å². The van der Waals surface area contributed by atoms with E-state index >= 15 is 0 Å². The fourth-order valence-corrected chi connectivity index (χ4v) is 5.62. The number of aromatic nitrogens is 1. The van der Waals surface area contributed by atoms with Crippen LogP contribution in [0.5, 0.6) is 5.88 Å². The minimum absolute atomic E-state index is 0.477. The van der Waals surface area contributed by atoms with Crippen molar-refractivity contribution < 1.29 is 9.84 Å². The third kappa shape index (κ3) is 7.19. The number of rotatable bonds is 10. The standard InChI is InChI=1S/C33H34BrClN2O2/c1-37(2)20-10-19-33(38,27-13-8-9-14-28(34)22-27)31(25-11-6-4-5-7-12-25)30-21-26(23-36-32(30)39-3)24-15-17-29(35)18-16-24/h4-6,9,11-18,21-23,31,38H,8,10,19-20H2,1-3H3. The maximum atomic E-state index is 13.0. The Balaban J connectivity index is 1.96. The minimum Gasteiger partial charge on any atom is -0.481 e. The second-order valence-electron chi connectivity index (χ2n) is 9.95. The summed E-state index contributed by atoms with van der Waals surface area (Å²) in [5, 5.41) is 13.6. The Labute approximate surface area is 245 Å². The van der Waals surface area contributed by atoms with Gasteiger partial charge in [-0.1, -0.05) is 76.1 Å². The van der Waals surface area contributed by atoms with Gasteiger partial charge in [-0.15, -0.1) is 5.73 Å². The number of ether oxygens (including phenoxy) is 1. The molecular formula is C33H34BrClN2O2. The number of hydrogen-bond acceptors (Lipinski definition) is 4. The molecule has 0 fully saturated rings. The molecular weight excluding hydrogens is 572 g/mol. The zero-order valence-electron chi connectivity index (χ0n) is 22.6. The summed E-state index contributed by atoms with van der Waals surface area (Å²) in [4.78, 5) is 6.86. The van der Waals surface area contributed by atoms with Gasteiger partial charge < -0.3 is 14.7 Å². The van der Waals surface area contributed by atoms with Crippen LogP contribution in [0, 0.1) is 0 Å². The van der Waals surface area contributed by atoms with Gasteiger partial charge in [0.2, 0.25) is 5.88 Å². The van der Waals surface area contributed by atoms with Crippen LogP contribution < -0.4 is 4.74 Å². The summed E-state index contributed by atoms with van der Waals surface area (Å²) < 4.78 is 6.75. The van der Waals surface area contributed by atoms with Crippen LogP contribution in [0.1, 0.15) is 30.7 Å². The van der Waals surface area contributed by atoms with E-state index in [-0.39, 0.29) is 0 Å². The maximum absolute atomic E-state index is 13.0. The number of nitrogens with zero attached hydrogens (tertiary/aromatic N) is 2. The molecule has 4 nitrogen and oxygen atoms in total. The van der Waals surface area contributed by atoms with E-state index < -0.39 is 11.5 Å². The summed E-state index contributed by atoms with van der Waals surface area (Å²) in [7, 11) is 5.73. The van der Waals surface area contributed by atoms with E-state index in [9.17, 15) is 5.11 Å². The van der Waals surface area contributed by atoms with Crippen LogP contribution in [0.25, 0.3) is 11.1 Å². The predicted octanol–water partition coefficient (Wildman–Crippen LogP) is 7.94. The number of benzene rings is 1. The summed E-state index contributed by atoms with van der Waals surface area (Å²) in [5.74, 6) is -0.00967. The first-order valence-corrected chi connectivity index (χ1v) is 14.2. The lowest BCUT2D eigenvalue weighted by Crippen LogP contribution is -2.40. The molecule has 2 atom stereocenters. The normalized spacial score (nSPS) is 17.2. The van der Waals surface area contributed by atoms with Crippen LogP contribution in [0.2, 0.25) is 5.02 Å². The highest BCUT2D eigenvalue weighted by Crippen LogP contribution is 2.48. The molecule has 202 valence electrons. The Hall–Kier alpha value is -2.92. The van der Waals surface area contributed by atoms with Crippen LogP contribution in [0.4, 0.5) is 0 Å². The molecule has 2 aromatic rings. The van der Waals surface area contributed by atoms with E-state index in [1.54, 1.807) is 13.3 Å². The first-order chi connectivity index (χ1) is 18.8. The van der Waals surface area contributed by atoms with Gasteiger partial charge in [0.05, 0.1) is 7.11 Å². The van der Waals surface area contributed by atoms with Gasteiger partial charge >= 0.3 is 0 Å². The fourth-order valence-electron chi connectivity index (χ4n) is 5.06. The van der Waals surface area contributed by atoms with Gasteiger partial charge in [-0.25, -0.2) is 4.98 Å². The average molecular weight is 606 g/mol. The van der Waals surface area contributed by atoms with Crippen molar-refractivity contribution in [3.05, 3.63) is 123 Å². The lowest BCUT2D eigenvalue weighted by molar-refractivity contribution is 0.0500. The molecule has 39 heavy (non-hydrogen) atoms. The second kappa shape index (κ2) is 13.4. The van der Waals surface area contributed by atoms with Crippen molar-refractivity contribution in [2.45, 2.75) is 30.8 Å². The van der Waals surface area contributed by atoms with Crippen LogP contribution in [-0.4, -0.2) is 48.3 Å². The quantitative estimate of drug-likeness (QED) is 0.279. The molecule has 1 heterocycles. The molecule has 4 rings (SSSR count). The molecule has 0 radical (unpaired) electrons. The number of methoxy groups -OCH3 is 1. The van der Waals surface area contributed by atoms with E-state index in [0.29, 0.717) is 17.3 Å². The molecule has 0 bridgehead atoms. The Bertz CT molecular complexity index is 1400. The third-order valence-corrected chi connectivity index (χ3v) is 7.67. The first kappa shape index (κ1) is 29.1. The van der Waals surface area contributed by atoms with Crippen LogP contribution in [-0.2, 0) is 0 Å². The van der Waals surface area contributed by atoms with Gasteiger partial charge in [0.25, 0.3) is 0 Å². The molecule has 0 saturated heterocycles. The zero-order valence-corrected chi connectivity index (χ0v) is 24.9. The molecule has 6 heteroatoms. The number of halogens is 2. The molecule has 2 unspecified atom stereocenters. The predicted molar refractivity (Wildman–Crippen MR) is 165 cm³/mol. The van der Waals surface area contributed by atoms with Crippen molar-refractivity contribution in [3.8, 4) is 17.0 Å². The van der Waals surface area contributed by atoms with E-state index in [1.807, 2.05) is 66.8 Å². The lowest BCUT2D eigenvalue weighted by Gasteiger charge is -2.39. The molecule has 0 aliphatic heterocycles. The number of aliphatic hydroxyl groups is 1. The Morgan fingerprint density at radius 3 is 2.74 bits per heavy atom. The van der Waals surface area contributed by atoms with E-state index in [2.05, 4.69) is 58.9 Å². The van der Waals surface area contributed by atoms with Crippen molar-refractivity contribution in [2.24, 2.45) is 0 Å².